The zero-order chi connectivity index (χ0) is 14.4. The van der Waals surface area contributed by atoms with E-state index in [1.54, 1.807) is 5.51 Å². The van der Waals surface area contributed by atoms with Crippen molar-refractivity contribution < 1.29 is 8.42 Å². The lowest BCUT2D eigenvalue weighted by molar-refractivity contribution is 0.367. The third kappa shape index (κ3) is 2.65. The van der Waals surface area contributed by atoms with E-state index in [0.717, 1.165) is 10.6 Å². The molecule has 0 aromatic carbocycles. The molecule has 0 atom stereocenters. The molecular weight excluding hydrogens is 308 g/mol. The van der Waals surface area contributed by atoms with Crippen LogP contribution in [-0.2, 0) is 14.6 Å². The topological polar surface area (TPSA) is 77.7 Å². The molecule has 0 saturated carbocycles. The third-order valence-corrected chi connectivity index (χ3v) is 4.51. The molecule has 2 rings (SSSR count). The summed E-state index contributed by atoms with van der Waals surface area (Å²) in [5.74, 6) is 0.465. The van der Waals surface area contributed by atoms with Gasteiger partial charge >= 0.3 is 0 Å². The molecule has 2 heterocycles. The summed E-state index contributed by atoms with van der Waals surface area (Å²) in [7, 11) is 1.47. The van der Waals surface area contributed by atoms with Crippen molar-refractivity contribution in [1.29, 1.82) is 0 Å². The number of thiazole rings is 1. The van der Waals surface area contributed by atoms with E-state index in [1.807, 2.05) is 27.7 Å². The van der Waals surface area contributed by atoms with Crippen LogP contribution in [0, 0.1) is 6.92 Å². The Morgan fingerprint density at radius 3 is 2.37 bits per heavy atom. The number of halogens is 1. The maximum atomic E-state index is 11.6. The molecule has 9 heteroatoms. The van der Waals surface area contributed by atoms with Gasteiger partial charge in [-0.1, -0.05) is 0 Å². The van der Waals surface area contributed by atoms with Crippen molar-refractivity contribution in [3.8, 4) is 10.7 Å². The first kappa shape index (κ1) is 14.4. The monoisotopic (exact) mass is 320 g/mol. The first-order chi connectivity index (χ1) is 8.62. The first-order valence-corrected chi connectivity index (χ1v) is 8.62. The third-order valence-electron chi connectivity index (χ3n) is 2.47. The van der Waals surface area contributed by atoms with Gasteiger partial charge < -0.3 is 0 Å². The zero-order valence-electron chi connectivity index (χ0n) is 10.9. The van der Waals surface area contributed by atoms with Crippen LogP contribution >= 0.6 is 22.0 Å². The maximum absolute atomic E-state index is 11.6. The normalized spacial score (nSPS) is 12.9. The van der Waals surface area contributed by atoms with Crippen molar-refractivity contribution >= 4 is 31.1 Å². The Labute approximate surface area is 119 Å². The second-order valence-corrected chi connectivity index (χ2v) is 8.33. The lowest BCUT2D eigenvalue weighted by atomic mass is 10.1. The van der Waals surface area contributed by atoms with Crippen LogP contribution in [0.1, 0.15) is 26.5 Å². The molecule has 0 amide bonds. The molecule has 0 saturated heterocycles. The van der Waals surface area contributed by atoms with Gasteiger partial charge in [0, 0.05) is 16.2 Å². The fourth-order valence-electron chi connectivity index (χ4n) is 1.70. The predicted molar refractivity (Wildman–Crippen MR) is 73.9 cm³/mol. The number of hydrogen-bond acceptors (Lipinski definition) is 6. The molecule has 0 spiro atoms. The SMILES string of the molecule is Cc1ncsc1-c1nnc(S(=O)(=O)Cl)n1C(C)(C)C. The van der Waals surface area contributed by atoms with Gasteiger partial charge in [-0.05, 0) is 27.7 Å². The molecule has 0 bridgehead atoms. The van der Waals surface area contributed by atoms with E-state index in [0.29, 0.717) is 5.82 Å². The van der Waals surface area contributed by atoms with E-state index in [-0.39, 0.29) is 5.16 Å². The molecule has 19 heavy (non-hydrogen) atoms. The van der Waals surface area contributed by atoms with Gasteiger partial charge in [-0.25, -0.2) is 13.4 Å². The van der Waals surface area contributed by atoms with Gasteiger partial charge in [0.25, 0.3) is 14.2 Å². The van der Waals surface area contributed by atoms with Crippen LogP contribution in [0.15, 0.2) is 10.7 Å². The van der Waals surface area contributed by atoms with E-state index in [9.17, 15) is 8.42 Å². The minimum atomic E-state index is -3.95. The minimum Gasteiger partial charge on any atom is -0.291 e. The second kappa shape index (κ2) is 4.53. The Morgan fingerprint density at radius 1 is 1.32 bits per heavy atom. The van der Waals surface area contributed by atoms with Gasteiger partial charge in [-0.3, -0.25) is 4.57 Å². The highest BCUT2D eigenvalue weighted by Crippen LogP contribution is 2.32. The van der Waals surface area contributed by atoms with Gasteiger partial charge in [0.05, 0.1) is 16.1 Å². The molecule has 0 aliphatic heterocycles. The summed E-state index contributed by atoms with van der Waals surface area (Å²) in [4.78, 5) is 4.93. The van der Waals surface area contributed by atoms with E-state index in [4.69, 9.17) is 10.7 Å². The highest BCUT2D eigenvalue weighted by atomic mass is 35.7. The van der Waals surface area contributed by atoms with Crippen LogP contribution in [0.25, 0.3) is 10.7 Å². The summed E-state index contributed by atoms with van der Waals surface area (Å²) in [5, 5.41) is 7.45. The average molecular weight is 321 g/mol. The molecule has 6 nitrogen and oxygen atoms in total. The van der Waals surface area contributed by atoms with Gasteiger partial charge in [-0.15, -0.1) is 21.5 Å². The van der Waals surface area contributed by atoms with Crippen LogP contribution in [-0.4, -0.2) is 28.2 Å². The summed E-state index contributed by atoms with van der Waals surface area (Å²) in [6.07, 6.45) is 0. The smallest absolute Gasteiger partial charge is 0.291 e. The van der Waals surface area contributed by atoms with Crippen LogP contribution in [0.2, 0.25) is 0 Å². The van der Waals surface area contributed by atoms with Crippen molar-refractivity contribution in [2.24, 2.45) is 0 Å². The van der Waals surface area contributed by atoms with Gasteiger partial charge in [-0.2, -0.15) is 0 Å². The quantitative estimate of drug-likeness (QED) is 0.794. The number of aromatic nitrogens is 4. The molecule has 0 radical (unpaired) electrons. The molecule has 0 aliphatic carbocycles. The predicted octanol–water partition coefficient (Wildman–Crippen LogP) is 2.39. The van der Waals surface area contributed by atoms with Crippen molar-refractivity contribution in [2.75, 3.05) is 0 Å². The standard InChI is InChI=1S/C10H13ClN4O2S2/c1-6-7(18-5-12-6)8-13-14-9(19(11,16)17)15(8)10(2,3)4/h5H,1-4H3. The highest BCUT2D eigenvalue weighted by molar-refractivity contribution is 8.13. The second-order valence-electron chi connectivity index (χ2n) is 5.02. The summed E-state index contributed by atoms with van der Waals surface area (Å²) in [6.45, 7) is 7.42. The van der Waals surface area contributed by atoms with Gasteiger partial charge in [0.15, 0.2) is 5.82 Å². The Bertz CT molecular complexity index is 712. The molecule has 0 aliphatic rings. The number of hydrogen-bond donors (Lipinski definition) is 0. The summed E-state index contributed by atoms with van der Waals surface area (Å²) < 4.78 is 24.7. The largest absolute Gasteiger partial charge is 0.296 e. The number of rotatable bonds is 2. The minimum absolute atomic E-state index is 0.246. The summed E-state index contributed by atoms with van der Waals surface area (Å²) in [6, 6.07) is 0. The molecule has 0 unspecified atom stereocenters. The Morgan fingerprint density at radius 2 is 1.95 bits per heavy atom. The van der Waals surface area contributed by atoms with Crippen molar-refractivity contribution in [3.05, 3.63) is 11.2 Å². The lowest BCUT2D eigenvalue weighted by Crippen LogP contribution is -2.25. The highest BCUT2D eigenvalue weighted by Gasteiger charge is 2.31. The van der Waals surface area contributed by atoms with Crippen molar-refractivity contribution in [2.45, 2.75) is 38.4 Å². The summed E-state index contributed by atoms with van der Waals surface area (Å²) in [5.41, 5.74) is 1.94. The van der Waals surface area contributed by atoms with Crippen LogP contribution in [0.4, 0.5) is 0 Å². The lowest BCUT2D eigenvalue weighted by Gasteiger charge is -2.23. The van der Waals surface area contributed by atoms with E-state index < -0.39 is 14.6 Å². The van der Waals surface area contributed by atoms with E-state index in [1.165, 1.54) is 15.9 Å². The van der Waals surface area contributed by atoms with E-state index in [2.05, 4.69) is 15.2 Å². The Hall–Kier alpha value is -0.990. The number of nitrogens with zero attached hydrogens (tertiary/aromatic N) is 4. The fraction of sp³-hybridized carbons (Fsp3) is 0.500. The molecule has 2 aromatic heterocycles. The fourth-order valence-corrected chi connectivity index (χ4v) is 3.49. The molecule has 0 fully saturated rings. The Kier molecular flexibility index (Phi) is 3.44. The van der Waals surface area contributed by atoms with Crippen molar-refractivity contribution in [3.63, 3.8) is 0 Å². The maximum Gasteiger partial charge on any atom is 0.296 e. The molecular formula is C10H13ClN4O2S2. The first-order valence-electron chi connectivity index (χ1n) is 5.43. The number of aryl methyl sites for hydroxylation is 1. The average Bonchev–Trinajstić information content (AvgIpc) is 2.79. The summed E-state index contributed by atoms with van der Waals surface area (Å²) >= 11 is 1.38. The van der Waals surface area contributed by atoms with Crippen LogP contribution < -0.4 is 0 Å². The van der Waals surface area contributed by atoms with Crippen LogP contribution in [0.3, 0.4) is 0 Å². The molecule has 0 N–H and O–H groups in total. The van der Waals surface area contributed by atoms with Gasteiger partial charge in [0.2, 0.25) is 0 Å². The van der Waals surface area contributed by atoms with Gasteiger partial charge in [0.1, 0.15) is 0 Å². The molecule has 2 aromatic rings. The van der Waals surface area contributed by atoms with Crippen LogP contribution in [0.5, 0.6) is 0 Å². The van der Waals surface area contributed by atoms with Crippen molar-refractivity contribution in [1.82, 2.24) is 19.7 Å². The van der Waals surface area contributed by atoms with E-state index >= 15 is 0 Å². The molecule has 104 valence electrons. The Balaban J connectivity index is 2.79. The zero-order valence-corrected chi connectivity index (χ0v) is 13.3.